The van der Waals surface area contributed by atoms with E-state index in [1.807, 2.05) is 13.8 Å². The lowest BCUT2D eigenvalue weighted by atomic mass is 10.1. The Labute approximate surface area is 106 Å². The van der Waals surface area contributed by atoms with Gasteiger partial charge < -0.3 is 10.2 Å². The first-order chi connectivity index (χ1) is 8.41. The molecule has 1 N–H and O–H groups in total. The SMILES string of the molecule is CC(C)Nc1ccccc1C(=O)N(C)CC(F)F. The van der Waals surface area contributed by atoms with Crippen LogP contribution in [0, 0.1) is 0 Å². The maximum atomic E-state index is 12.3. The second kappa shape index (κ2) is 6.33. The topological polar surface area (TPSA) is 32.3 Å². The molecule has 1 aromatic carbocycles. The Morgan fingerprint density at radius 1 is 1.33 bits per heavy atom. The van der Waals surface area contributed by atoms with Gasteiger partial charge in [-0.1, -0.05) is 12.1 Å². The zero-order valence-corrected chi connectivity index (χ0v) is 10.8. The highest BCUT2D eigenvalue weighted by molar-refractivity contribution is 5.99. The van der Waals surface area contributed by atoms with Crippen molar-refractivity contribution in [3.05, 3.63) is 29.8 Å². The van der Waals surface area contributed by atoms with Gasteiger partial charge in [-0.05, 0) is 26.0 Å². The van der Waals surface area contributed by atoms with E-state index in [1.165, 1.54) is 7.05 Å². The lowest BCUT2D eigenvalue weighted by Crippen LogP contribution is -2.32. The van der Waals surface area contributed by atoms with E-state index in [-0.39, 0.29) is 6.04 Å². The second-order valence-corrected chi connectivity index (χ2v) is 4.42. The molecular weight excluding hydrogens is 238 g/mol. The third kappa shape index (κ3) is 3.98. The zero-order valence-electron chi connectivity index (χ0n) is 10.8. The minimum absolute atomic E-state index is 0.166. The predicted octanol–water partition coefficient (Wildman–Crippen LogP) is 2.84. The van der Waals surface area contributed by atoms with Gasteiger partial charge in [-0.25, -0.2) is 8.78 Å². The molecule has 3 nitrogen and oxygen atoms in total. The minimum atomic E-state index is -2.52. The minimum Gasteiger partial charge on any atom is -0.382 e. The highest BCUT2D eigenvalue weighted by Gasteiger charge is 2.18. The van der Waals surface area contributed by atoms with Gasteiger partial charge in [0, 0.05) is 18.8 Å². The van der Waals surface area contributed by atoms with Gasteiger partial charge in [0.15, 0.2) is 0 Å². The summed E-state index contributed by atoms with van der Waals surface area (Å²) in [5.74, 6) is -0.404. The van der Waals surface area contributed by atoms with Crippen molar-refractivity contribution in [3.63, 3.8) is 0 Å². The average Bonchev–Trinajstić information content (AvgIpc) is 2.27. The molecule has 0 radical (unpaired) electrons. The number of rotatable bonds is 5. The summed E-state index contributed by atoms with van der Waals surface area (Å²) in [5.41, 5.74) is 1.08. The van der Waals surface area contributed by atoms with Crippen LogP contribution in [0.2, 0.25) is 0 Å². The van der Waals surface area contributed by atoms with Crippen LogP contribution in [-0.4, -0.2) is 36.9 Å². The van der Waals surface area contributed by atoms with Crippen LogP contribution in [0.5, 0.6) is 0 Å². The van der Waals surface area contributed by atoms with E-state index >= 15 is 0 Å². The second-order valence-electron chi connectivity index (χ2n) is 4.42. The molecule has 0 saturated heterocycles. The molecule has 0 heterocycles. The molecule has 0 bridgehead atoms. The van der Waals surface area contributed by atoms with Crippen LogP contribution in [0.15, 0.2) is 24.3 Å². The molecule has 0 spiro atoms. The van der Waals surface area contributed by atoms with Crippen molar-refractivity contribution >= 4 is 11.6 Å². The van der Waals surface area contributed by atoms with E-state index in [2.05, 4.69) is 5.32 Å². The number of nitrogens with one attached hydrogen (secondary N) is 1. The Morgan fingerprint density at radius 3 is 2.50 bits per heavy atom. The third-order valence-corrected chi connectivity index (χ3v) is 2.36. The van der Waals surface area contributed by atoms with Crippen molar-refractivity contribution < 1.29 is 13.6 Å². The van der Waals surface area contributed by atoms with Gasteiger partial charge in [0.25, 0.3) is 12.3 Å². The van der Waals surface area contributed by atoms with Crippen molar-refractivity contribution in [3.8, 4) is 0 Å². The lowest BCUT2D eigenvalue weighted by molar-refractivity contribution is 0.0621. The molecule has 0 aliphatic heterocycles. The number of anilines is 1. The van der Waals surface area contributed by atoms with E-state index in [9.17, 15) is 13.6 Å². The molecule has 1 amide bonds. The number of carbonyl (C=O) groups is 1. The van der Waals surface area contributed by atoms with Crippen LogP contribution in [0.3, 0.4) is 0 Å². The summed E-state index contributed by atoms with van der Waals surface area (Å²) in [7, 11) is 1.38. The molecule has 0 aliphatic rings. The fraction of sp³-hybridized carbons (Fsp3) is 0.462. The molecule has 1 rings (SSSR count). The number of alkyl halides is 2. The largest absolute Gasteiger partial charge is 0.382 e. The summed E-state index contributed by atoms with van der Waals surface area (Å²) in [6, 6.07) is 7.08. The van der Waals surface area contributed by atoms with Gasteiger partial charge in [-0.15, -0.1) is 0 Å². The Kier molecular flexibility index (Phi) is 5.07. The van der Waals surface area contributed by atoms with Gasteiger partial charge in [0.2, 0.25) is 0 Å². The van der Waals surface area contributed by atoms with E-state index in [0.717, 1.165) is 4.90 Å². The predicted molar refractivity (Wildman–Crippen MR) is 68.2 cm³/mol. The maximum Gasteiger partial charge on any atom is 0.255 e. The maximum absolute atomic E-state index is 12.3. The molecule has 0 saturated carbocycles. The first kappa shape index (κ1) is 14.4. The average molecular weight is 256 g/mol. The highest BCUT2D eigenvalue weighted by Crippen LogP contribution is 2.18. The fourth-order valence-electron chi connectivity index (χ4n) is 1.60. The number of hydrogen-bond donors (Lipinski definition) is 1. The molecule has 1 aromatic rings. The monoisotopic (exact) mass is 256 g/mol. The zero-order chi connectivity index (χ0) is 13.7. The summed E-state index contributed by atoms with van der Waals surface area (Å²) in [5, 5.41) is 3.13. The summed E-state index contributed by atoms with van der Waals surface area (Å²) in [4.78, 5) is 13.1. The van der Waals surface area contributed by atoms with Crippen LogP contribution >= 0.6 is 0 Å². The summed E-state index contributed by atoms with van der Waals surface area (Å²) in [6.07, 6.45) is -2.52. The number of nitrogens with zero attached hydrogens (tertiary/aromatic N) is 1. The van der Waals surface area contributed by atoms with Crippen molar-refractivity contribution in [2.45, 2.75) is 26.3 Å². The Balaban J connectivity index is 2.91. The Hall–Kier alpha value is -1.65. The number of benzene rings is 1. The first-order valence-electron chi connectivity index (χ1n) is 5.81. The molecule has 0 atom stereocenters. The normalized spacial score (nSPS) is 10.8. The quantitative estimate of drug-likeness (QED) is 0.878. The van der Waals surface area contributed by atoms with Crippen molar-refractivity contribution in [1.82, 2.24) is 4.90 Å². The van der Waals surface area contributed by atoms with Gasteiger partial charge in [0.05, 0.1) is 12.1 Å². The molecule has 100 valence electrons. The Bertz CT molecular complexity index is 408. The Morgan fingerprint density at radius 2 is 1.94 bits per heavy atom. The lowest BCUT2D eigenvalue weighted by Gasteiger charge is -2.20. The van der Waals surface area contributed by atoms with E-state index in [4.69, 9.17) is 0 Å². The third-order valence-electron chi connectivity index (χ3n) is 2.36. The molecule has 18 heavy (non-hydrogen) atoms. The van der Waals surface area contributed by atoms with Crippen molar-refractivity contribution in [2.24, 2.45) is 0 Å². The molecular formula is C13H18F2N2O. The molecule has 0 unspecified atom stereocenters. The van der Waals surface area contributed by atoms with E-state index < -0.39 is 18.9 Å². The van der Waals surface area contributed by atoms with Crippen LogP contribution in [0.1, 0.15) is 24.2 Å². The van der Waals surface area contributed by atoms with Crippen LogP contribution in [0.25, 0.3) is 0 Å². The molecule has 0 aliphatic carbocycles. The van der Waals surface area contributed by atoms with Crippen LogP contribution < -0.4 is 5.32 Å². The summed E-state index contributed by atoms with van der Waals surface area (Å²) in [6.45, 7) is 3.34. The smallest absolute Gasteiger partial charge is 0.255 e. The van der Waals surface area contributed by atoms with Gasteiger partial charge in [-0.3, -0.25) is 4.79 Å². The van der Waals surface area contributed by atoms with E-state index in [1.54, 1.807) is 24.3 Å². The molecule has 0 aromatic heterocycles. The number of carbonyl (C=O) groups excluding carboxylic acids is 1. The number of hydrogen-bond acceptors (Lipinski definition) is 2. The fourth-order valence-corrected chi connectivity index (χ4v) is 1.60. The van der Waals surface area contributed by atoms with Crippen LogP contribution in [-0.2, 0) is 0 Å². The van der Waals surface area contributed by atoms with Gasteiger partial charge >= 0.3 is 0 Å². The van der Waals surface area contributed by atoms with Gasteiger partial charge in [-0.2, -0.15) is 0 Å². The van der Waals surface area contributed by atoms with Gasteiger partial charge in [0.1, 0.15) is 0 Å². The molecule has 0 fully saturated rings. The van der Waals surface area contributed by atoms with Crippen molar-refractivity contribution in [1.29, 1.82) is 0 Å². The van der Waals surface area contributed by atoms with Crippen LogP contribution in [0.4, 0.5) is 14.5 Å². The standard InChI is InChI=1S/C13H18F2N2O/c1-9(2)16-11-7-5-4-6-10(11)13(18)17(3)8-12(14)15/h4-7,9,12,16H,8H2,1-3H3. The van der Waals surface area contributed by atoms with Crippen molar-refractivity contribution in [2.75, 3.05) is 18.9 Å². The number of para-hydroxylation sites is 1. The number of amides is 1. The molecule has 5 heteroatoms. The summed E-state index contributed by atoms with van der Waals surface area (Å²) < 4.78 is 24.5. The number of halogens is 2. The highest BCUT2D eigenvalue weighted by atomic mass is 19.3. The first-order valence-corrected chi connectivity index (χ1v) is 5.81. The van der Waals surface area contributed by atoms with E-state index in [0.29, 0.717) is 11.3 Å². The summed E-state index contributed by atoms with van der Waals surface area (Å²) >= 11 is 0.